The predicted octanol–water partition coefficient (Wildman–Crippen LogP) is 1.51. The van der Waals surface area contributed by atoms with Crippen LogP contribution in [0.1, 0.15) is 5.76 Å². The summed E-state index contributed by atoms with van der Waals surface area (Å²) in [5.41, 5.74) is 6.63. The number of benzene rings is 1. The zero-order chi connectivity index (χ0) is 9.97. The maximum atomic E-state index is 9.53. The zero-order valence-electron chi connectivity index (χ0n) is 7.47. The molecule has 1 aromatic carbocycles. The van der Waals surface area contributed by atoms with E-state index in [2.05, 4.69) is 5.16 Å². The lowest BCUT2D eigenvalue weighted by molar-refractivity contribution is 0.386. The van der Waals surface area contributed by atoms with Gasteiger partial charge in [-0.15, -0.1) is 0 Å². The first kappa shape index (κ1) is 8.77. The summed E-state index contributed by atoms with van der Waals surface area (Å²) in [6, 6.07) is 8.67. The Morgan fingerprint density at radius 2 is 2.14 bits per heavy atom. The Balaban J connectivity index is 2.44. The SMILES string of the molecule is NCc1cc(-c2ccccc2O)no1. The molecule has 0 amide bonds. The third kappa shape index (κ3) is 1.47. The number of nitrogens with zero attached hydrogens (tertiary/aromatic N) is 1. The van der Waals surface area contributed by atoms with Crippen LogP contribution in [-0.4, -0.2) is 10.3 Å². The molecule has 4 heteroatoms. The van der Waals surface area contributed by atoms with Crippen LogP contribution < -0.4 is 5.73 Å². The maximum Gasteiger partial charge on any atom is 0.150 e. The van der Waals surface area contributed by atoms with Crippen LogP contribution in [0.25, 0.3) is 11.3 Å². The first-order chi connectivity index (χ1) is 6.81. The standard InChI is InChI=1S/C10H10N2O2/c11-6-7-5-9(12-14-7)8-3-1-2-4-10(8)13/h1-5,13H,6,11H2. The van der Waals surface area contributed by atoms with Gasteiger partial charge in [-0.05, 0) is 12.1 Å². The van der Waals surface area contributed by atoms with Gasteiger partial charge in [0.25, 0.3) is 0 Å². The number of aromatic nitrogens is 1. The molecule has 14 heavy (non-hydrogen) atoms. The van der Waals surface area contributed by atoms with Gasteiger partial charge in [0, 0.05) is 11.6 Å². The van der Waals surface area contributed by atoms with Gasteiger partial charge in [0.15, 0.2) is 5.76 Å². The highest BCUT2D eigenvalue weighted by molar-refractivity contribution is 5.66. The van der Waals surface area contributed by atoms with Gasteiger partial charge < -0.3 is 15.4 Å². The lowest BCUT2D eigenvalue weighted by atomic mass is 10.1. The maximum absolute atomic E-state index is 9.53. The van der Waals surface area contributed by atoms with Crippen molar-refractivity contribution in [2.24, 2.45) is 5.73 Å². The summed E-state index contributed by atoms with van der Waals surface area (Å²) in [7, 11) is 0. The third-order valence-corrected chi connectivity index (χ3v) is 1.94. The highest BCUT2D eigenvalue weighted by atomic mass is 16.5. The molecule has 0 saturated carbocycles. The van der Waals surface area contributed by atoms with Gasteiger partial charge in [-0.2, -0.15) is 0 Å². The molecule has 0 spiro atoms. The molecule has 0 radical (unpaired) electrons. The van der Waals surface area contributed by atoms with Crippen LogP contribution >= 0.6 is 0 Å². The molecule has 0 unspecified atom stereocenters. The van der Waals surface area contributed by atoms with Crippen molar-refractivity contribution in [3.05, 3.63) is 36.1 Å². The third-order valence-electron chi connectivity index (χ3n) is 1.94. The molecule has 0 aliphatic rings. The van der Waals surface area contributed by atoms with Crippen molar-refractivity contribution in [2.75, 3.05) is 0 Å². The molecule has 0 saturated heterocycles. The summed E-state index contributed by atoms with van der Waals surface area (Å²) in [5, 5.41) is 13.3. The van der Waals surface area contributed by atoms with Crippen molar-refractivity contribution in [3.8, 4) is 17.0 Å². The Kier molecular flexibility index (Phi) is 2.20. The van der Waals surface area contributed by atoms with Gasteiger partial charge in [0.1, 0.15) is 11.4 Å². The first-order valence-corrected chi connectivity index (χ1v) is 4.25. The summed E-state index contributed by atoms with van der Waals surface area (Å²) in [6.07, 6.45) is 0. The molecule has 0 aliphatic heterocycles. The Morgan fingerprint density at radius 1 is 1.36 bits per heavy atom. The van der Waals surface area contributed by atoms with E-state index in [-0.39, 0.29) is 5.75 Å². The topological polar surface area (TPSA) is 72.3 Å². The molecule has 0 atom stereocenters. The summed E-state index contributed by atoms with van der Waals surface area (Å²) < 4.78 is 4.94. The normalized spacial score (nSPS) is 10.4. The minimum absolute atomic E-state index is 0.185. The summed E-state index contributed by atoms with van der Waals surface area (Å²) >= 11 is 0. The van der Waals surface area contributed by atoms with Gasteiger partial charge in [-0.3, -0.25) is 0 Å². The minimum Gasteiger partial charge on any atom is -0.507 e. The number of hydrogen-bond donors (Lipinski definition) is 2. The molecule has 72 valence electrons. The van der Waals surface area contributed by atoms with Crippen molar-refractivity contribution in [1.82, 2.24) is 5.16 Å². The van der Waals surface area contributed by atoms with Crippen LogP contribution in [0.5, 0.6) is 5.75 Å². The van der Waals surface area contributed by atoms with Crippen LogP contribution in [0.4, 0.5) is 0 Å². The largest absolute Gasteiger partial charge is 0.507 e. The highest BCUT2D eigenvalue weighted by Gasteiger charge is 2.08. The zero-order valence-corrected chi connectivity index (χ0v) is 7.47. The number of rotatable bonds is 2. The summed E-state index contributed by atoms with van der Waals surface area (Å²) in [4.78, 5) is 0. The van der Waals surface area contributed by atoms with Crippen molar-refractivity contribution >= 4 is 0 Å². The highest BCUT2D eigenvalue weighted by Crippen LogP contribution is 2.27. The Hall–Kier alpha value is -1.81. The lowest BCUT2D eigenvalue weighted by Crippen LogP contribution is -1.92. The van der Waals surface area contributed by atoms with Gasteiger partial charge in [0.2, 0.25) is 0 Å². The Labute approximate surface area is 81.0 Å². The first-order valence-electron chi connectivity index (χ1n) is 4.25. The molecule has 1 heterocycles. The fourth-order valence-corrected chi connectivity index (χ4v) is 1.23. The van der Waals surface area contributed by atoms with Gasteiger partial charge in [-0.25, -0.2) is 0 Å². The van der Waals surface area contributed by atoms with Gasteiger partial charge in [0.05, 0.1) is 6.54 Å². The predicted molar refractivity (Wildman–Crippen MR) is 51.5 cm³/mol. The van der Waals surface area contributed by atoms with E-state index in [1.54, 1.807) is 24.3 Å². The average Bonchev–Trinajstić information content (AvgIpc) is 2.67. The quantitative estimate of drug-likeness (QED) is 0.752. The van der Waals surface area contributed by atoms with Crippen LogP contribution in [0, 0.1) is 0 Å². The number of phenolic OH excluding ortho intramolecular Hbond substituents is 1. The molecular formula is C10H10N2O2. The molecule has 0 fully saturated rings. The summed E-state index contributed by atoms with van der Waals surface area (Å²) in [5.74, 6) is 0.785. The Bertz CT molecular complexity index is 437. The number of aromatic hydroxyl groups is 1. The van der Waals surface area contributed by atoms with Crippen molar-refractivity contribution in [3.63, 3.8) is 0 Å². The fraction of sp³-hybridized carbons (Fsp3) is 0.100. The monoisotopic (exact) mass is 190 g/mol. The van der Waals surface area contributed by atoms with E-state index >= 15 is 0 Å². The smallest absolute Gasteiger partial charge is 0.150 e. The molecule has 2 aromatic rings. The van der Waals surface area contributed by atoms with E-state index in [1.165, 1.54) is 0 Å². The van der Waals surface area contributed by atoms with Gasteiger partial charge in [-0.1, -0.05) is 17.3 Å². The van der Waals surface area contributed by atoms with Crippen LogP contribution in [0.15, 0.2) is 34.9 Å². The van der Waals surface area contributed by atoms with Crippen LogP contribution in [0.3, 0.4) is 0 Å². The number of hydrogen-bond acceptors (Lipinski definition) is 4. The van der Waals surface area contributed by atoms with E-state index in [0.717, 1.165) is 0 Å². The van der Waals surface area contributed by atoms with Crippen LogP contribution in [-0.2, 0) is 6.54 Å². The number of phenols is 1. The van der Waals surface area contributed by atoms with E-state index in [9.17, 15) is 5.11 Å². The minimum atomic E-state index is 0.185. The summed E-state index contributed by atoms with van der Waals surface area (Å²) in [6.45, 7) is 0.306. The van der Waals surface area contributed by atoms with Crippen molar-refractivity contribution in [2.45, 2.75) is 6.54 Å². The van der Waals surface area contributed by atoms with Crippen molar-refractivity contribution < 1.29 is 9.63 Å². The molecule has 1 aromatic heterocycles. The van der Waals surface area contributed by atoms with Gasteiger partial charge >= 0.3 is 0 Å². The van der Waals surface area contributed by atoms with E-state index in [0.29, 0.717) is 23.6 Å². The molecule has 0 aliphatic carbocycles. The molecule has 0 bridgehead atoms. The number of nitrogens with two attached hydrogens (primary N) is 1. The van der Waals surface area contributed by atoms with E-state index in [1.807, 2.05) is 6.07 Å². The molecule has 2 rings (SSSR count). The molecule has 3 N–H and O–H groups in total. The Morgan fingerprint density at radius 3 is 2.79 bits per heavy atom. The second-order valence-corrected chi connectivity index (χ2v) is 2.90. The second-order valence-electron chi connectivity index (χ2n) is 2.90. The number of para-hydroxylation sites is 1. The van der Waals surface area contributed by atoms with Crippen LogP contribution in [0.2, 0.25) is 0 Å². The lowest BCUT2D eigenvalue weighted by Gasteiger charge is -1.97. The fourth-order valence-electron chi connectivity index (χ4n) is 1.23. The van der Waals surface area contributed by atoms with E-state index < -0.39 is 0 Å². The second kappa shape index (κ2) is 3.51. The molecular weight excluding hydrogens is 180 g/mol. The van der Waals surface area contributed by atoms with Crippen molar-refractivity contribution in [1.29, 1.82) is 0 Å². The van der Waals surface area contributed by atoms with E-state index in [4.69, 9.17) is 10.3 Å². The average molecular weight is 190 g/mol. The molecule has 4 nitrogen and oxygen atoms in total.